The van der Waals surface area contributed by atoms with Crippen molar-refractivity contribution < 1.29 is 27.6 Å². The molecule has 2 atom stereocenters. The summed E-state index contributed by atoms with van der Waals surface area (Å²) >= 11 is 0. The number of benzene rings is 1. The molecule has 0 radical (unpaired) electrons. The lowest BCUT2D eigenvalue weighted by atomic mass is 9.87. The predicted octanol–water partition coefficient (Wildman–Crippen LogP) is 2.55. The van der Waals surface area contributed by atoms with Crippen LogP contribution in [0.1, 0.15) is 37.0 Å². The minimum Gasteiger partial charge on any atom is -0.481 e. The predicted molar refractivity (Wildman–Crippen MR) is 86.4 cm³/mol. The smallest absolute Gasteiger partial charge is 0.300 e. The van der Waals surface area contributed by atoms with Crippen molar-refractivity contribution in [2.45, 2.75) is 38.1 Å². The fourth-order valence-electron chi connectivity index (χ4n) is 2.93. The molecule has 2 aromatic rings. The van der Waals surface area contributed by atoms with Gasteiger partial charge < -0.3 is 14.9 Å². The Morgan fingerprint density at radius 1 is 1.27 bits per heavy atom. The van der Waals surface area contributed by atoms with E-state index in [1.165, 1.54) is 6.07 Å². The maximum absolute atomic E-state index is 13.2. The van der Waals surface area contributed by atoms with Crippen LogP contribution in [-0.4, -0.2) is 28.8 Å². The second kappa shape index (κ2) is 8.70. The number of hydrogen-bond acceptors (Lipinski definition) is 4. The summed E-state index contributed by atoms with van der Waals surface area (Å²) < 4.78 is 44.6. The van der Waals surface area contributed by atoms with E-state index in [0.717, 1.165) is 25.5 Å². The van der Waals surface area contributed by atoms with Gasteiger partial charge in [-0.25, -0.2) is 13.2 Å². The maximum Gasteiger partial charge on any atom is 0.300 e. The number of hydrogen-bond donors (Lipinski definition) is 3. The Labute approximate surface area is 147 Å². The Morgan fingerprint density at radius 3 is 2.42 bits per heavy atom. The molecule has 3 N–H and O–H groups in total. The third-order valence-corrected chi connectivity index (χ3v) is 3.97. The standard InChI is InChI=1S/C15H15F3N2O2.C2H4O2/c16-11-4-8(5-12(17)15(11)18)3-10-6-9(1-2-19-10)13-7-14(21)20-22-13;1-2(3)4/h4-5,7,9-10,19H,1-3,6H2,(H,20,21);1H3,(H,3,4)/t9-,10-;/m0./s1. The molecule has 2 heterocycles. The lowest BCUT2D eigenvalue weighted by molar-refractivity contribution is -0.134. The van der Waals surface area contributed by atoms with Crippen molar-refractivity contribution >= 4 is 5.97 Å². The molecular formula is C17H19F3N2O4. The van der Waals surface area contributed by atoms with Gasteiger partial charge in [-0.05, 0) is 43.5 Å². The summed E-state index contributed by atoms with van der Waals surface area (Å²) in [6.45, 7) is 1.79. The SMILES string of the molecule is CC(=O)O.O=c1cc([C@H]2CCN[C@@H](Cc3cc(F)c(F)c(F)c3)C2)o[nH]1. The summed E-state index contributed by atoms with van der Waals surface area (Å²) in [6, 6.07) is 3.42. The molecule has 0 amide bonds. The van der Waals surface area contributed by atoms with E-state index in [-0.39, 0.29) is 17.5 Å². The number of piperidine rings is 1. The molecule has 1 saturated heterocycles. The summed E-state index contributed by atoms with van der Waals surface area (Å²) in [7, 11) is 0. The Hall–Kier alpha value is -2.55. The third kappa shape index (κ3) is 5.48. The highest BCUT2D eigenvalue weighted by Gasteiger charge is 2.26. The number of rotatable bonds is 3. The quantitative estimate of drug-likeness (QED) is 0.720. The molecule has 0 aliphatic carbocycles. The summed E-state index contributed by atoms with van der Waals surface area (Å²) in [5.41, 5.74) is 0.109. The average molecular weight is 372 g/mol. The maximum atomic E-state index is 13.2. The number of nitrogens with one attached hydrogen (secondary N) is 2. The van der Waals surface area contributed by atoms with Gasteiger partial charge in [-0.1, -0.05) is 0 Å². The number of halogens is 3. The van der Waals surface area contributed by atoms with E-state index in [9.17, 15) is 18.0 Å². The molecule has 9 heteroatoms. The van der Waals surface area contributed by atoms with Crippen LogP contribution < -0.4 is 10.9 Å². The molecule has 0 bridgehead atoms. The van der Waals surface area contributed by atoms with Crippen molar-refractivity contribution in [2.24, 2.45) is 0 Å². The van der Waals surface area contributed by atoms with E-state index in [1.807, 2.05) is 0 Å². The van der Waals surface area contributed by atoms with Gasteiger partial charge in [0, 0.05) is 24.9 Å². The second-order valence-corrected chi connectivity index (χ2v) is 6.08. The van der Waals surface area contributed by atoms with Crippen molar-refractivity contribution in [2.75, 3.05) is 6.54 Å². The summed E-state index contributed by atoms with van der Waals surface area (Å²) in [6.07, 6.45) is 1.85. The monoisotopic (exact) mass is 372 g/mol. The normalized spacial score (nSPS) is 19.5. The van der Waals surface area contributed by atoms with Crippen molar-refractivity contribution in [1.29, 1.82) is 0 Å². The fourth-order valence-corrected chi connectivity index (χ4v) is 2.93. The molecule has 1 fully saturated rings. The number of aromatic amines is 1. The van der Waals surface area contributed by atoms with E-state index in [1.54, 1.807) is 0 Å². The van der Waals surface area contributed by atoms with Crippen LogP contribution in [0.15, 0.2) is 27.5 Å². The molecule has 1 aliphatic heterocycles. The molecule has 0 spiro atoms. The zero-order valence-corrected chi connectivity index (χ0v) is 14.0. The number of carboxylic acid groups (broad SMARTS) is 1. The van der Waals surface area contributed by atoms with Crippen LogP contribution in [0.2, 0.25) is 0 Å². The highest BCUT2D eigenvalue weighted by Crippen LogP contribution is 2.28. The average Bonchev–Trinajstić information content (AvgIpc) is 2.99. The van der Waals surface area contributed by atoms with Crippen molar-refractivity contribution in [3.05, 3.63) is 57.3 Å². The number of aliphatic carboxylic acids is 1. The number of aromatic nitrogens is 1. The van der Waals surface area contributed by atoms with Gasteiger partial charge in [0.05, 0.1) is 0 Å². The third-order valence-electron chi connectivity index (χ3n) is 3.97. The van der Waals surface area contributed by atoms with Crippen LogP contribution in [-0.2, 0) is 11.2 Å². The van der Waals surface area contributed by atoms with Crippen LogP contribution >= 0.6 is 0 Å². The van der Waals surface area contributed by atoms with E-state index in [4.69, 9.17) is 14.4 Å². The minimum atomic E-state index is -1.45. The van der Waals surface area contributed by atoms with Crippen molar-refractivity contribution in [1.82, 2.24) is 10.5 Å². The van der Waals surface area contributed by atoms with Crippen LogP contribution in [0.25, 0.3) is 0 Å². The van der Waals surface area contributed by atoms with Gasteiger partial charge in [-0.2, -0.15) is 5.16 Å². The number of carboxylic acids is 1. The largest absolute Gasteiger partial charge is 0.481 e. The molecule has 6 nitrogen and oxygen atoms in total. The van der Waals surface area contributed by atoms with Crippen LogP contribution in [0.5, 0.6) is 0 Å². The minimum absolute atomic E-state index is 0.0248. The highest BCUT2D eigenvalue weighted by molar-refractivity contribution is 5.62. The lowest BCUT2D eigenvalue weighted by Crippen LogP contribution is -2.38. The number of H-pyrrole nitrogens is 1. The highest BCUT2D eigenvalue weighted by atomic mass is 19.2. The summed E-state index contributed by atoms with van der Waals surface area (Å²) in [5, 5.41) is 12.9. The van der Waals surface area contributed by atoms with Gasteiger partial charge in [0.15, 0.2) is 17.5 Å². The molecule has 3 rings (SSSR count). The van der Waals surface area contributed by atoms with Gasteiger partial charge in [-0.15, -0.1) is 0 Å². The van der Waals surface area contributed by atoms with E-state index in [0.29, 0.717) is 30.7 Å². The van der Waals surface area contributed by atoms with Crippen LogP contribution in [0.3, 0.4) is 0 Å². The molecule has 1 aliphatic rings. The number of carbonyl (C=O) groups is 1. The summed E-state index contributed by atoms with van der Waals surface area (Å²) in [5.74, 6) is -3.99. The van der Waals surface area contributed by atoms with Gasteiger partial charge >= 0.3 is 0 Å². The van der Waals surface area contributed by atoms with Crippen LogP contribution in [0, 0.1) is 17.5 Å². The van der Waals surface area contributed by atoms with E-state index >= 15 is 0 Å². The molecule has 0 saturated carbocycles. The topological polar surface area (TPSA) is 95.3 Å². The first-order valence-electron chi connectivity index (χ1n) is 8.01. The zero-order valence-electron chi connectivity index (χ0n) is 14.0. The van der Waals surface area contributed by atoms with E-state index in [2.05, 4.69) is 10.5 Å². The first-order chi connectivity index (χ1) is 12.3. The molecule has 1 aromatic carbocycles. The van der Waals surface area contributed by atoms with Gasteiger partial charge in [0.2, 0.25) is 0 Å². The lowest BCUT2D eigenvalue weighted by Gasteiger charge is -2.29. The van der Waals surface area contributed by atoms with Crippen LogP contribution in [0.4, 0.5) is 13.2 Å². The Kier molecular flexibility index (Phi) is 6.62. The fraction of sp³-hybridized carbons (Fsp3) is 0.412. The van der Waals surface area contributed by atoms with Crippen molar-refractivity contribution in [3.63, 3.8) is 0 Å². The summed E-state index contributed by atoms with van der Waals surface area (Å²) in [4.78, 5) is 20.1. The Balaban J connectivity index is 0.000000552. The first-order valence-corrected chi connectivity index (χ1v) is 8.01. The van der Waals surface area contributed by atoms with Crippen molar-refractivity contribution in [3.8, 4) is 0 Å². The van der Waals surface area contributed by atoms with Gasteiger partial charge in [0.1, 0.15) is 5.76 Å². The molecule has 142 valence electrons. The Morgan fingerprint density at radius 2 is 1.88 bits per heavy atom. The zero-order chi connectivity index (χ0) is 19.3. The molecule has 1 aromatic heterocycles. The van der Waals surface area contributed by atoms with Gasteiger partial charge in [0.25, 0.3) is 11.5 Å². The van der Waals surface area contributed by atoms with Gasteiger partial charge in [-0.3, -0.25) is 9.59 Å². The Bertz CT molecular complexity index is 791. The first kappa shape index (κ1) is 19.8. The second-order valence-electron chi connectivity index (χ2n) is 6.08. The molecule has 0 unspecified atom stereocenters. The van der Waals surface area contributed by atoms with E-state index < -0.39 is 23.4 Å². The molecule has 26 heavy (non-hydrogen) atoms. The molecular weight excluding hydrogens is 353 g/mol.